The van der Waals surface area contributed by atoms with Gasteiger partial charge in [-0.15, -0.1) is 0 Å². The number of nitrogens with zero attached hydrogens (tertiary/aromatic N) is 2. The Hall–Kier alpha value is -2.49. The van der Waals surface area contributed by atoms with E-state index in [0.29, 0.717) is 29.6 Å². The molecule has 1 aromatic heterocycles. The van der Waals surface area contributed by atoms with E-state index in [9.17, 15) is 19.2 Å². The van der Waals surface area contributed by atoms with Crippen LogP contribution in [-0.4, -0.2) is 66.0 Å². The van der Waals surface area contributed by atoms with Crippen LogP contribution >= 0.6 is 15.9 Å². The molecular weight excluding hydrogens is 446 g/mol. The van der Waals surface area contributed by atoms with Gasteiger partial charge in [-0.3, -0.25) is 9.59 Å². The maximum atomic E-state index is 12.9. The first-order valence-electron chi connectivity index (χ1n) is 9.21. The zero-order valence-corrected chi connectivity index (χ0v) is 18.1. The first-order chi connectivity index (χ1) is 13.7. The summed E-state index contributed by atoms with van der Waals surface area (Å²) in [7, 11) is 1.21. The van der Waals surface area contributed by atoms with Crippen molar-refractivity contribution < 1.29 is 28.7 Å². The molecule has 1 saturated heterocycles. The second kappa shape index (κ2) is 10.3. The van der Waals surface area contributed by atoms with E-state index in [2.05, 4.69) is 31.0 Å². The van der Waals surface area contributed by atoms with Crippen molar-refractivity contribution in [3.63, 3.8) is 0 Å². The molecule has 1 fully saturated rings. The van der Waals surface area contributed by atoms with E-state index in [1.54, 1.807) is 26.0 Å². The van der Waals surface area contributed by atoms with Crippen molar-refractivity contribution in [2.75, 3.05) is 20.3 Å². The van der Waals surface area contributed by atoms with E-state index in [-0.39, 0.29) is 17.6 Å². The van der Waals surface area contributed by atoms with Gasteiger partial charge in [0.1, 0.15) is 16.7 Å². The summed E-state index contributed by atoms with van der Waals surface area (Å²) in [5.74, 6) is -1.62. The molecular formula is C19H24BrN3O6. The first-order valence-corrected chi connectivity index (χ1v) is 10.00. The Bertz CT molecular complexity index is 768. The molecule has 1 aromatic rings. The number of ether oxygens (including phenoxy) is 2. The Balaban J connectivity index is 2.00. The quantitative estimate of drug-likeness (QED) is 0.368. The third-order valence-electron chi connectivity index (χ3n) is 4.59. The maximum Gasteiger partial charge on any atom is 0.407 e. The molecule has 1 aliphatic heterocycles. The fraction of sp³-hybridized carbons (Fsp3) is 0.526. The van der Waals surface area contributed by atoms with Gasteiger partial charge in [-0.1, -0.05) is 13.8 Å². The van der Waals surface area contributed by atoms with Crippen LogP contribution in [0.4, 0.5) is 4.79 Å². The summed E-state index contributed by atoms with van der Waals surface area (Å²) in [5, 5.41) is 2.51. The Labute approximate surface area is 177 Å². The molecule has 0 bridgehead atoms. The summed E-state index contributed by atoms with van der Waals surface area (Å²) < 4.78 is 10.3. The molecule has 29 heavy (non-hydrogen) atoms. The van der Waals surface area contributed by atoms with Gasteiger partial charge >= 0.3 is 12.1 Å². The number of halogens is 1. The average molecular weight is 470 g/mol. The second-order valence-electron chi connectivity index (χ2n) is 6.95. The third kappa shape index (κ3) is 5.99. The lowest BCUT2D eigenvalue weighted by Crippen LogP contribution is -2.54. The summed E-state index contributed by atoms with van der Waals surface area (Å²) in [6.07, 6.45) is 1.72. The number of nitrogens with one attached hydrogen (secondary N) is 1. The molecule has 158 valence electrons. The van der Waals surface area contributed by atoms with Gasteiger partial charge in [0.2, 0.25) is 11.7 Å². The van der Waals surface area contributed by atoms with Gasteiger partial charge in [0.05, 0.1) is 7.11 Å². The van der Waals surface area contributed by atoms with Crippen LogP contribution in [0.1, 0.15) is 37.0 Å². The van der Waals surface area contributed by atoms with Crippen LogP contribution in [0.5, 0.6) is 0 Å². The minimum atomic E-state index is -0.827. The second-order valence-corrected chi connectivity index (χ2v) is 7.76. The molecule has 0 saturated carbocycles. The molecule has 0 aromatic carbocycles. The number of pyridine rings is 1. The zero-order valence-electron chi connectivity index (χ0n) is 16.5. The lowest BCUT2D eigenvalue weighted by Gasteiger charge is -2.29. The van der Waals surface area contributed by atoms with Crippen molar-refractivity contribution in [3.05, 3.63) is 28.5 Å². The number of carbonyl (C=O) groups excluding carboxylic acids is 4. The third-order valence-corrected chi connectivity index (χ3v) is 5.06. The number of hydrogen-bond donors (Lipinski definition) is 1. The topological polar surface area (TPSA) is 115 Å². The number of hydrogen-bond acceptors (Lipinski definition) is 7. The highest BCUT2D eigenvalue weighted by Gasteiger charge is 2.39. The Morgan fingerprint density at radius 2 is 2.03 bits per heavy atom. The zero-order chi connectivity index (χ0) is 21.6. The Kier molecular flexibility index (Phi) is 8.12. The maximum absolute atomic E-state index is 12.9. The van der Waals surface area contributed by atoms with Crippen LogP contribution in [0.15, 0.2) is 22.9 Å². The summed E-state index contributed by atoms with van der Waals surface area (Å²) in [4.78, 5) is 54.5. The summed E-state index contributed by atoms with van der Waals surface area (Å²) in [6.45, 7) is 3.50. The van der Waals surface area contributed by atoms with Gasteiger partial charge < -0.3 is 19.7 Å². The predicted molar refractivity (Wildman–Crippen MR) is 106 cm³/mol. The van der Waals surface area contributed by atoms with Crippen molar-refractivity contribution in [2.45, 2.75) is 38.8 Å². The lowest BCUT2D eigenvalue weighted by molar-refractivity contribution is -0.153. The molecule has 2 amide bonds. The number of alkyl carbamates (subject to hydrolysis) is 1. The SMILES string of the molecule is COC(=O)N[C@H](C(=O)N1CCC[C@H]1C(=O)OCC(=O)c1ccc(Br)nc1)C(C)C. The predicted octanol–water partition coefficient (Wildman–Crippen LogP) is 1.94. The molecule has 2 atom stereocenters. The molecule has 0 spiro atoms. The number of aromatic nitrogens is 1. The molecule has 1 N–H and O–H groups in total. The fourth-order valence-electron chi connectivity index (χ4n) is 3.01. The average Bonchev–Trinajstić information content (AvgIpc) is 3.19. The number of methoxy groups -OCH3 is 1. The smallest absolute Gasteiger partial charge is 0.407 e. The van der Waals surface area contributed by atoms with Crippen LogP contribution in [-0.2, 0) is 19.1 Å². The molecule has 0 unspecified atom stereocenters. The van der Waals surface area contributed by atoms with E-state index in [0.717, 1.165) is 0 Å². The summed E-state index contributed by atoms with van der Waals surface area (Å²) in [6, 6.07) is 1.57. The lowest BCUT2D eigenvalue weighted by atomic mass is 10.0. The number of carbonyl (C=O) groups is 4. The number of esters is 1. The van der Waals surface area contributed by atoms with Gasteiger partial charge in [-0.05, 0) is 46.8 Å². The van der Waals surface area contributed by atoms with E-state index < -0.39 is 30.8 Å². The van der Waals surface area contributed by atoms with Gasteiger partial charge in [0, 0.05) is 18.3 Å². The van der Waals surface area contributed by atoms with Crippen molar-refractivity contribution in [2.24, 2.45) is 5.92 Å². The standard InChI is InChI=1S/C19H24BrN3O6/c1-11(2)16(22-19(27)28-3)17(25)23-8-4-5-13(23)18(26)29-10-14(24)12-6-7-15(20)21-9-12/h6-7,9,11,13,16H,4-5,8,10H2,1-3H3,(H,22,27)/t13-,16-/m0/s1. The molecule has 2 heterocycles. The van der Waals surface area contributed by atoms with Gasteiger partial charge in [-0.25, -0.2) is 14.6 Å². The number of likely N-dealkylation sites (tertiary alicyclic amines) is 1. The number of rotatable bonds is 7. The fourth-order valence-corrected chi connectivity index (χ4v) is 3.25. The van der Waals surface area contributed by atoms with Crippen LogP contribution in [0.3, 0.4) is 0 Å². The van der Waals surface area contributed by atoms with Crippen molar-refractivity contribution in [3.8, 4) is 0 Å². The van der Waals surface area contributed by atoms with Crippen LogP contribution in [0.2, 0.25) is 0 Å². The molecule has 0 aliphatic carbocycles. The highest BCUT2D eigenvalue weighted by Crippen LogP contribution is 2.21. The molecule has 2 rings (SSSR count). The Morgan fingerprint density at radius 3 is 2.62 bits per heavy atom. The first kappa shape index (κ1) is 22.8. The van der Waals surface area contributed by atoms with E-state index in [4.69, 9.17) is 4.74 Å². The highest BCUT2D eigenvalue weighted by molar-refractivity contribution is 9.10. The number of amides is 2. The van der Waals surface area contributed by atoms with Gasteiger partial charge in [0.15, 0.2) is 6.61 Å². The number of Topliss-reactive ketones (excluding diaryl/α,β-unsaturated/α-hetero) is 1. The van der Waals surface area contributed by atoms with Crippen molar-refractivity contribution in [1.29, 1.82) is 0 Å². The highest BCUT2D eigenvalue weighted by atomic mass is 79.9. The molecule has 10 heteroatoms. The van der Waals surface area contributed by atoms with Crippen LogP contribution < -0.4 is 5.32 Å². The molecule has 9 nitrogen and oxygen atoms in total. The van der Waals surface area contributed by atoms with Gasteiger partial charge in [-0.2, -0.15) is 0 Å². The van der Waals surface area contributed by atoms with E-state index in [1.807, 2.05) is 0 Å². The molecule has 1 aliphatic rings. The van der Waals surface area contributed by atoms with Crippen LogP contribution in [0.25, 0.3) is 0 Å². The largest absolute Gasteiger partial charge is 0.456 e. The van der Waals surface area contributed by atoms with Gasteiger partial charge in [0.25, 0.3) is 0 Å². The minimum absolute atomic E-state index is 0.203. The van der Waals surface area contributed by atoms with E-state index >= 15 is 0 Å². The van der Waals surface area contributed by atoms with Crippen molar-refractivity contribution in [1.82, 2.24) is 15.2 Å². The van der Waals surface area contributed by atoms with Crippen LogP contribution in [0, 0.1) is 5.92 Å². The normalized spacial score (nSPS) is 17.0. The summed E-state index contributed by atoms with van der Waals surface area (Å²) >= 11 is 3.18. The monoisotopic (exact) mass is 469 g/mol. The Morgan fingerprint density at radius 1 is 1.31 bits per heavy atom. The van der Waals surface area contributed by atoms with E-state index in [1.165, 1.54) is 18.2 Å². The molecule has 0 radical (unpaired) electrons. The number of ketones is 1. The minimum Gasteiger partial charge on any atom is -0.456 e. The van der Waals surface area contributed by atoms with Crippen molar-refractivity contribution >= 4 is 39.7 Å². The summed E-state index contributed by atoms with van der Waals surface area (Å²) in [5.41, 5.74) is 0.322.